The third kappa shape index (κ3) is 3.27. The topological polar surface area (TPSA) is 60.1 Å². The van der Waals surface area contributed by atoms with E-state index in [4.69, 9.17) is 10.8 Å². The van der Waals surface area contributed by atoms with Crippen molar-refractivity contribution in [3.63, 3.8) is 0 Å². The van der Waals surface area contributed by atoms with E-state index in [1.807, 2.05) is 0 Å². The summed E-state index contributed by atoms with van der Waals surface area (Å²) < 4.78 is 35.3. The standard InChI is InChI=1S/C6H8F3N3/c1-3(12-4(2)10)5(11)6(7,8)9/h10-11H,1-2H3. The van der Waals surface area contributed by atoms with Crippen LogP contribution in [0.5, 0.6) is 0 Å². The number of amidine groups is 1. The zero-order chi connectivity index (χ0) is 9.94. The first-order chi connectivity index (χ1) is 5.25. The Morgan fingerprint density at radius 2 is 1.58 bits per heavy atom. The van der Waals surface area contributed by atoms with Crippen LogP contribution in [-0.4, -0.2) is 23.4 Å². The van der Waals surface area contributed by atoms with Crippen LogP contribution in [0.2, 0.25) is 0 Å². The second kappa shape index (κ2) is 3.46. The van der Waals surface area contributed by atoms with Crippen LogP contribution in [0.25, 0.3) is 0 Å². The second-order valence-electron chi connectivity index (χ2n) is 2.16. The number of aliphatic imine (C=N–C) groups is 1. The third-order valence-electron chi connectivity index (χ3n) is 0.981. The minimum atomic E-state index is -4.68. The quantitative estimate of drug-likeness (QED) is 0.457. The van der Waals surface area contributed by atoms with Crippen molar-refractivity contribution in [1.29, 1.82) is 10.8 Å². The maximum Gasteiger partial charge on any atom is 0.434 e. The number of rotatable bonds is 1. The van der Waals surface area contributed by atoms with Gasteiger partial charge in [0.1, 0.15) is 5.84 Å². The zero-order valence-electron chi connectivity index (χ0n) is 6.58. The summed E-state index contributed by atoms with van der Waals surface area (Å²) in [6, 6.07) is 0. The summed E-state index contributed by atoms with van der Waals surface area (Å²) in [5.74, 6) is -0.249. The van der Waals surface area contributed by atoms with Gasteiger partial charge in [0.15, 0.2) is 5.71 Å². The van der Waals surface area contributed by atoms with E-state index in [9.17, 15) is 13.2 Å². The van der Waals surface area contributed by atoms with Crippen molar-refractivity contribution in [1.82, 2.24) is 0 Å². The van der Waals surface area contributed by atoms with Crippen molar-refractivity contribution < 1.29 is 13.2 Å². The summed E-state index contributed by atoms with van der Waals surface area (Å²) in [4.78, 5) is 3.20. The van der Waals surface area contributed by atoms with Crippen LogP contribution in [0.1, 0.15) is 13.8 Å². The minimum Gasteiger partial charge on any atom is -0.295 e. The molecule has 0 saturated heterocycles. The Kier molecular flexibility index (Phi) is 3.12. The molecule has 68 valence electrons. The van der Waals surface area contributed by atoms with Crippen LogP contribution in [0.3, 0.4) is 0 Å². The Labute approximate surface area is 67.3 Å². The Morgan fingerprint density at radius 1 is 1.17 bits per heavy atom. The molecule has 12 heavy (non-hydrogen) atoms. The first kappa shape index (κ1) is 10.8. The summed E-state index contributed by atoms with van der Waals surface area (Å²) in [7, 11) is 0. The molecular formula is C6H8F3N3. The van der Waals surface area contributed by atoms with E-state index in [0.717, 1.165) is 6.92 Å². The maximum absolute atomic E-state index is 11.8. The number of hydrogen-bond donors (Lipinski definition) is 2. The fourth-order valence-electron chi connectivity index (χ4n) is 0.513. The van der Waals surface area contributed by atoms with Gasteiger partial charge >= 0.3 is 6.18 Å². The van der Waals surface area contributed by atoms with E-state index >= 15 is 0 Å². The molecule has 0 bridgehead atoms. The Balaban J connectivity index is 4.63. The number of hydrogen-bond acceptors (Lipinski definition) is 2. The Hall–Kier alpha value is -1.20. The monoisotopic (exact) mass is 179 g/mol. The molecule has 0 saturated carbocycles. The average Bonchev–Trinajstić information content (AvgIpc) is 1.82. The molecule has 3 nitrogen and oxygen atoms in total. The van der Waals surface area contributed by atoms with Gasteiger partial charge in [0.25, 0.3) is 0 Å². The molecule has 0 aliphatic rings. The van der Waals surface area contributed by atoms with Crippen molar-refractivity contribution in [2.75, 3.05) is 0 Å². The number of nitrogens with zero attached hydrogens (tertiary/aromatic N) is 1. The Morgan fingerprint density at radius 3 is 1.83 bits per heavy atom. The van der Waals surface area contributed by atoms with Gasteiger partial charge in [-0.3, -0.25) is 10.8 Å². The fourth-order valence-corrected chi connectivity index (χ4v) is 0.513. The molecule has 0 aliphatic carbocycles. The van der Waals surface area contributed by atoms with E-state index in [-0.39, 0.29) is 5.84 Å². The van der Waals surface area contributed by atoms with Crippen molar-refractivity contribution in [2.45, 2.75) is 20.0 Å². The van der Waals surface area contributed by atoms with Crippen LogP contribution in [0.4, 0.5) is 13.2 Å². The molecule has 0 amide bonds. The summed E-state index contributed by atoms with van der Waals surface area (Å²) in [5, 5.41) is 13.4. The summed E-state index contributed by atoms with van der Waals surface area (Å²) in [6.07, 6.45) is -4.68. The lowest BCUT2D eigenvalue weighted by molar-refractivity contribution is -0.0573. The molecule has 0 aromatic heterocycles. The van der Waals surface area contributed by atoms with Crippen LogP contribution in [0, 0.1) is 10.8 Å². The molecule has 0 heterocycles. The van der Waals surface area contributed by atoms with Crippen molar-refractivity contribution in [3.8, 4) is 0 Å². The molecule has 6 heteroatoms. The molecule has 0 fully saturated rings. The van der Waals surface area contributed by atoms with Crippen molar-refractivity contribution in [3.05, 3.63) is 0 Å². The highest BCUT2D eigenvalue weighted by Crippen LogP contribution is 2.16. The van der Waals surface area contributed by atoms with Gasteiger partial charge in [-0.2, -0.15) is 13.2 Å². The molecule has 0 unspecified atom stereocenters. The highest BCUT2D eigenvalue weighted by atomic mass is 19.4. The summed E-state index contributed by atoms with van der Waals surface area (Å²) in [5.41, 5.74) is -2.00. The van der Waals surface area contributed by atoms with Crippen molar-refractivity contribution >= 4 is 17.3 Å². The van der Waals surface area contributed by atoms with Crippen LogP contribution >= 0.6 is 0 Å². The van der Waals surface area contributed by atoms with Gasteiger partial charge in [-0.05, 0) is 13.8 Å². The van der Waals surface area contributed by atoms with Gasteiger partial charge < -0.3 is 0 Å². The smallest absolute Gasteiger partial charge is 0.295 e. The molecular weight excluding hydrogens is 171 g/mol. The van der Waals surface area contributed by atoms with Gasteiger partial charge in [0, 0.05) is 0 Å². The first-order valence-electron chi connectivity index (χ1n) is 3.01. The first-order valence-corrected chi connectivity index (χ1v) is 3.01. The number of alkyl halides is 3. The van der Waals surface area contributed by atoms with Gasteiger partial charge in [-0.25, -0.2) is 4.99 Å². The van der Waals surface area contributed by atoms with Crippen LogP contribution in [0.15, 0.2) is 4.99 Å². The van der Waals surface area contributed by atoms with Crippen LogP contribution < -0.4 is 0 Å². The van der Waals surface area contributed by atoms with Crippen LogP contribution in [-0.2, 0) is 0 Å². The molecule has 0 aliphatic heterocycles. The molecule has 0 rings (SSSR count). The van der Waals surface area contributed by atoms with E-state index in [1.165, 1.54) is 6.92 Å². The lowest BCUT2D eigenvalue weighted by Gasteiger charge is -2.06. The van der Waals surface area contributed by atoms with E-state index in [1.54, 1.807) is 0 Å². The molecule has 0 radical (unpaired) electrons. The lowest BCUT2D eigenvalue weighted by Crippen LogP contribution is -2.28. The zero-order valence-corrected chi connectivity index (χ0v) is 6.58. The Bertz CT molecular complexity index is 239. The highest BCUT2D eigenvalue weighted by molar-refractivity contribution is 6.43. The van der Waals surface area contributed by atoms with Gasteiger partial charge in [0.05, 0.1) is 5.71 Å². The van der Waals surface area contributed by atoms with E-state index in [2.05, 4.69) is 4.99 Å². The predicted molar refractivity (Wildman–Crippen MR) is 40.3 cm³/mol. The highest BCUT2D eigenvalue weighted by Gasteiger charge is 2.35. The predicted octanol–water partition coefficient (Wildman–Crippen LogP) is 2.03. The number of halogens is 3. The largest absolute Gasteiger partial charge is 0.434 e. The van der Waals surface area contributed by atoms with Gasteiger partial charge in [0.2, 0.25) is 0 Å². The lowest BCUT2D eigenvalue weighted by atomic mass is 10.2. The maximum atomic E-state index is 11.8. The molecule has 0 atom stereocenters. The minimum absolute atomic E-state index is 0.249. The normalized spacial score (nSPS) is 12.9. The SMILES string of the molecule is CC(=N)N=C(C)C(=N)C(F)(F)F. The molecule has 0 aromatic rings. The summed E-state index contributed by atoms with van der Waals surface area (Å²) in [6.45, 7) is 2.29. The molecule has 2 N–H and O–H groups in total. The fraction of sp³-hybridized carbons (Fsp3) is 0.500. The van der Waals surface area contributed by atoms with Gasteiger partial charge in [-0.1, -0.05) is 0 Å². The second-order valence-corrected chi connectivity index (χ2v) is 2.16. The van der Waals surface area contributed by atoms with Crippen molar-refractivity contribution in [2.24, 2.45) is 4.99 Å². The van der Waals surface area contributed by atoms with E-state index in [0.29, 0.717) is 0 Å². The number of nitrogens with one attached hydrogen (secondary N) is 2. The molecule has 0 aromatic carbocycles. The van der Waals surface area contributed by atoms with Gasteiger partial charge in [-0.15, -0.1) is 0 Å². The van der Waals surface area contributed by atoms with E-state index < -0.39 is 17.6 Å². The molecule has 0 spiro atoms. The summed E-state index contributed by atoms with van der Waals surface area (Å²) >= 11 is 0. The average molecular weight is 179 g/mol. The third-order valence-corrected chi connectivity index (χ3v) is 0.981.